The summed E-state index contributed by atoms with van der Waals surface area (Å²) in [6.07, 6.45) is 1.85. The molecule has 0 bridgehead atoms. The Morgan fingerprint density at radius 1 is 1.06 bits per heavy atom. The zero-order chi connectivity index (χ0) is 25.0. The third-order valence-corrected chi connectivity index (χ3v) is 5.68. The zero-order valence-corrected chi connectivity index (χ0v) is 21.7. The highest BCUT2D eigenvalue weighted by Crippen LogP contribution is 2.29. The largest absolute Gasteiger partial charge is 0.460 e. The van der Waals surface area contributed by atoms with Crippen molar-refractivity contribution in [2.24, 2.45) is 0 Å². The van der Waals surface area contributed by atoms with E-state index in [1.54, 1.807) is 0 Å². The lowest BCUT2D eigenvalue weighted by atomic mass is 9.93. The molecule has 0 unspecified atom stereocenters. The number of ether oxygens (including phenoxy) is 1. The van der Waals surface area contributed by atoms with E-state index in [1.165, 1.54) is 11.1 Å². The van der Waals surface area contributed by atoms with E-state index in [9.17, 15) is 4.79 Å². The highest BCUT2D eigenvalue weighted by atomic mass is 16.6. The van der Waals surface area contributed by atoms with Crippen LogP contribution in [0.15, 0.2) is 28.8 Å². The number of carbonyl (C=O) groups is 1. The number of aryl methyl sites for hydroxylation is 3. The van der Waals surface area contributed by atoms with E-state index in [4.69, 9.17) is 9.26 Å². The molecule has 2 heterocycles. The molecule has 3 aromatic rings. The van der Waals surface area contributed by atoms with Crippen molar-refractivity contribution in [3.63, 3.8) is 0 Å². The molecule has 0 saturated carbocycles. The number of benzene rings is 1. The normalized spacial score (nSPS) is 11.5. The molecule has 2 aromatic heterocycles. The van der Waals surface area contributed by atoms with Crippen LogP contribution in [-0.4, -0.2) is 40.3 Å². The second kappa shape index (κ2) is 10.4. The van der Waals surface area contributed by atoms with Gasteiger partial charge in [0, 0.05) is 36.8 Å². The fourth-order valence-corrected chi connectivity index (χ4v) is 3.90. The molecule has 3 rings (SSSR count). The fraction of sp³-hybridized carbons (Fsp3) is 0.481. The summed E-state index contributed by atoms with van der Waals surface area (Å²) in [7, 11) is 2.00. The summed E-state index contributed by atoms with van der Waals surface area (Å²) in [6, 6.07) is 8.08. The van der Waals surface area contributed by atoms with Gasteiger partial charge < -0.3 is 14.2 Å². The van der Waals surface area contributed by atoms with Crippen LogP contribution in [0.25, 0.3) is 22.8 Å². The Morgan fingerprint density at radius 3 is 2.44 bits per heavy atom. The molecular weight excluding hydrogens is 428 g/mol. The number of nitrogens with zero attached hydrogens (tertiary/aromatic N) is 4. The van der Waals surface area contributed by atoms with E-state index in [0.29, 0.717) is 24.6 Å². The predicted octanol–water partition coefficient (Wildman–Crippen LogP) is 5.71. The smallest absolute Gasteiger partial charge is 0.306 e. The van der Waals surface area contributed by atoms with Crippen molar-refractivity contribution in [2.75, 3.05) is 18.5 Å². The third kappa shape index (κ3) is 6.22. The molecule has 7 heteroatoms. The average molecular weight is 465 g/mol. The Balaban J connectivity index is 1.86. The molecule has 0 aliphatic carbocycles. The van der Waals surface area contributed by atoms with Crippen LogP contribution >= 0.6 is 0 Å². The molecule has 0 fully saturated rings. The Bertz CT molecular complexity index is 1160. The number of anilines is 1. The average Bonchev–Trinajstić information content (AvgIpc) is 3.26. The second-order valence-electron chi connectivity index (χ2n) is 9.66. The summed E-state index contributed by atoms with van der Waals surface area (Å²) >= 11 is 0. The van der Waals surface area contributed by atoms with Gasteiger partial charge >= 0.3 is 5.97 Å². The first-order chi connectivity index (χ1) is 16.0. The van der Waals surface area contributed by atoms with Crippen molar-refractivity contribution < 1.29 is 14.1 Å². The lowest BCUT2D eigenvalue weighted by Crippen LogP contribution is -2.24. The van der Waals surface area contributed by atoms with Gasteiger partial charge in [-0.1, -0.05) is 12.1 Å². The van der Waals surface area contributed by atoms with Crippen LogP contribution in [0.4, 0.5) is 5.82 Å². The molecule has 0 N–H and O–H groups in total. The quantitative estimate of drug-likeness (QED) is 0.395. The number of hydrogen-bond acceptors (Lipinski definition) is 7. The molecule has 0 atom stereocenters. The first-order valence-electron chi connectivity index (χ1n) is 11.9. The number of pyridine rings is 1. The van der Waals surface area contributed by atoms with Crippen molar-refractivity contribution in [3.05, 3.63) is 46.6 Å². The lowest BCUT2D eigenvalue weighted by Gasteiger charge is -2.20. The Kier molecular flexibility index (Phi) is 7.75. The molecule has 0 aliphatic heterocycles. The van der Waals surface area contributed by atoms with E-state index in [-0.39, 0.29) is 5.97 Å². The van der Waals surface area contributed by atoms with Gasteiger partial charge in [-0.15, -0.1) is 0 Å². The number of carbonyl (C=O) groups excluding carboxylic acids is 1. The van der Waals surface area contributed by atoms with Gasteiger partial charge in [-0.3, -0.25) is 4.79 Å². The third-order valence-electron chi connectivity index (χ3n) is 5.68. The van der Waals surface area contributed by atoms with Crippen molar-refractivity contribution in [1.29, 1.82) is 0 Å². The Hall–Kier alpha value is -3.22. The molecule has 1 aromatic carbocycles. The highest BCUT2D eigenvalue weighted by Gasteiger charge is 2.19. The topological polar surface area (TPSA) is 81.4 Å². The Labute approximate surface area is 202 Å². The summed E-state index contributed by atoms with van der Waals surface area (Å²) in [6.45, 7) is 14.7. The van der Waals surface area contributed by atoms with Crippen LogP contribution in [-0.2, 0) is 22.4 Å². The standard InChI is InChI=1S/C27H36N4O3/c1-9-19-15-20(13-17(3)22(19)11-12-24(32)33-27(5,6)7)25-29-26(34-30-25)21-14-18(4)28-23(16-21)31(8)10-2/h13-16H,9-12H2,1-8H3. The summed E-state index contributed by atoms with van der Waals surface area (Å²) in [4.78, 5) is 23.6. The number of esters is 1. The summed E-state index contributed by atoms with van der Waals surface area (Å²) in [5, 5.41) is 4.25. The second-order valence-corrected chi connectivity index (χ2v) is 9.66. The van der Waals surface area contributed by atoms with E-state index in [2.05, 4.69) is 52.9 Å². The van der Waals surface area contributed by atoms with Gasteiger partial charge in [-0.2, -0.15) is 4.98 Å². The summed E-state index contributed by atoms with van der Waals surface area (Å²) in [5.41, 5.74) is 5.64. The minimum Gasteiger partial charge on any atom is -0.460 e. The van der Waals surface area contributed by atoms with Crippen LogP contribution in [0, 0.1) is 13.8 Å². The first-order valence-corrected chi connectivity index (χ1v) is 11.9. The molecule has 0 radical (unpaired) electrons. The minimum atomic E-state index is -0.472. The molecule has 0 spiro atoms. The van der Waals surface area contributed by atoms with Crippen LogP contribution < -0.4 is 4.90 Å². The van der Waals surface area contributed by atoms with Crippen molar-refractivity contribution in [2.45, 2.75) is 73.3 Å². The number of rotatable bonds is 8. The highest BCUT2D eigenvalue weighted by molar-refractivity contribution is 5.71. The minimum absolute atomic E-state index is 0.179. The summed E-state index contributed by atoms with van der Waals surface area (Å²) in [5.74, 6) is 1.71. The molecule has 7 nitrogen and oxygen atoms in total. The van der Waals surface area contributed by atoms with Gasteiger partial charge in [0.2, 0.25) is 5.82 Å². The number of aromatic nitrogens is 3. The molecule has 0 saturated heterocycles. The molecular formula is C27H36N4O3. The molecule has 34 heavy (non-hydrogen) atoms. The zero-order valence-electron chi connectivity index (χ0n) is 21.7. The predicted molar refractivity (Wildman–Crippen MR) is 135 cm³/mol. The molecule has 0 aliphatic rings. The van der Waals surface area contributed by atoms with E-state index >= 15 is 0 Å². The van der Waals surface area contributed by atoms with E-state index < -0.39 is 5.60 Å². The fourth-order valence-electron chi connectivity index (χ4n) is 3.90. The molecule has 0 amide bonds. The van der Waals surface area contributed by atoms with Gasteiger partial charge in [0.15, 0.2) is 0 Å². The number of hydrogen-bond donors (Lipinski definition) is 0. The van der Waals surface area contributed by atoms with Crippen molar-refractivity contribution in [1.82, 2.24) is 15.1 Å². The lowest BCUT2D eigenvalue weighted by molar-refractivity contribution is -0.154. The van der Waals surface area contributed by atoms with Gasteiger partial charge in [-0.25, -0.2) is 4.98 Å². The maximum atomic E-state index is 12.2. The van der Waals surface area contributed by atoms with Crippen molar-refractivity contribution in [3.8, 4) is 22.8 Å². The summed E-state index contributed by atoms with van der Waals surface area (Å²) < 4.78 is 11.1. The van der Waals surface area contributed by atoms with Gasteiger partial charge in [0.25, 0.3) is 5.89 Å². The van der Waals surface area contributed by atoms with Crippen LogP contribution in [0.2, 0.25) is 0 Å². The van der Waals surface area contributed by atoms with Gasteiger partial charge in [-0.05, 0) is 95.3 Å². The van der Waals surface area contributed by atoms with Crippen molar-refractivity contribution >= 4 is 11.8 Å². The maximum absolute atomic E-state index is 12.2. The Morgan fingerprint density at radius 2 is 1.79 bits per heavy atom. The van der Waals surface area contributed by atoms with E-state index in [1.807, 2.05) is 46.9 Å². The van der Waals surface area contributed by atoms with E-state index in [0.717, 1.165) is 41.2 Å². The maximum Gasteiger partial charge on any atom is 0.306 e. The first kappa shape index (κ1) is 25.4. The van der Waals surface area contributed by atoms with Crippen LogP contribution in [0.5, 0.6) is 0 Å². The van der Waals surface area contributed by atoms with Crippen LogP contribution in [0.1, 0.15) is 63.4 Å². The SMILES string of the molecule is CCc1cc(-c2noc(-c3cc(C)nc(N(C)CC)c3)n2)cc(C)c1CCC(=O)OC(C)(C)C. The van der Waals surface area contributed by atoms with Gasteiger partial charge in [0.1, 0.15) is 11.4 Å². The van der Waals surface area contributed by atoms with Gasteiger partial charge in [0.05, 0.1) is 0 Å². The molecule has 182 valence electrons. The van der Waals surface area contributed by atoms with Crippen LogP contribution in [0.3, 0.4) is 0 Å². The monoisotopic (exact) mass is 464 g/mol.